The minimum atomic E-state index is -0.868. The smallest absolute Gasteiger partial charge is 0.253 e. The number of hydrogen-bond donors (Lipinski definition) is 4. The molecule has 1 aliphatic heterocycles. The van der Waals surface area contributed by atoms with Gasteiger partial charge >= 0.3 is 0 Å². The Bertz CT molecular complexity index is 820. The third kappa shape index (κ3) is 3.60. The average Bonchev–Trinajstić information content (AvgIpc) is 2.99. The molecule has 1 fully saturated rings. The van der Waals surface area contributed by atoms with Crippen LogP contribution in [-0.2, 0) is 9.59 Å². The number of hydrogen-bond acceptors (Lipinski definition) is 5. The number of phenols is 2. The highest BCUT2D eigenvalue weighted by Gasteiger charge is 2.40. The fourth-order valence-corrected chi connectivity index (χ4v) is 2.81. The van der Waals surface area contributed by atoms with Crippen LogP contribution in [0.1, 0.15) is 17.0 Å². The molecule has 1 heterocycles. The number of phenolic OH excluding ortho intramolecular Hbond substituents is 2. The topological polar surface area (TPSA) is 111 Å². The van der Waals surface area contributed by atoms with E-state index in [0.29, 0.717) is 12.1 Å². The number of carbonyl (C=O) groups excluding carboxylic acids is 2. The molecule has 128 valence electrons. The van der Waals surface area contributed by atoms with Crippen LogP contribution in [0.3, 0.4) is 0 Å². The summed E-state index contributed by atoms with van der Waals surface area (Å²) in [5.74, 6) is -2.22. The highest BCUT2D eigenvalue weighted by atomic mass is 16.3. The van der Waals surface area contributed by atoms with Crippen molar-refractivity contribution >= 4 is 18.0 Å². The number of nitrogens with zero attached hydrogens (tertiary/aromatic N) is 1. The SMILES string of the molecule is O=C1NCC(c2ccccc2)C1C(=O)N/N=C/c1ccc(O)cc1O. The minimum absolute atomic E-state index is 0.0768. The van der Waals surface area contributed by atoms with Gasteiger partial charge < -0.3 is 15.5 Å². The lowest BCUT2D eigenvalue weighted by molar-refractivity contribution is -0.133. The van der Waals surface area contributed by atoms with E-state index in [9.17, 15) is 19.8 Å². The van der Waals surface area contributed by atoms with Crippen LogP contribution in [-0.4, -0.2) is 34.8 Å². The molecule has 7 nitrogen and oxygen atoms in total. The summed E-state index contributed by atoms with van der Waals surface area (Å²) in [6, 6.07) is 13.4. The summed E-state index contributed by atoms with van der Waals surface area (Å²) >= 11 is 0. The van der Waals surface area contributed by atoms with Crippen molar-refractivity contribution in [3.63, 3.8) is 0 Å². The van der Waals surface area contributed by atoms with Crippen molar-refractivity contribution in [2.75, 3.05) is 6.54 Å². The van der Waals surface area contributed by atoms with E-state index in [2.05, 4.69) is 15.8 Å². The quantitative estimate of drug-likeness (QED) is 0.379. The average molecular weight is 339 g/mol. The van der Waals surface area contributed by atoms with Crippen LogP contribution in [0, 0.1) is 5.92 Å². The van der Waals surface area contributed by atoms with Crippen molar-refractivity contribution in [2.24, 2.45) is 11.0 Å². The molecule has 0 saturated carbocycles. The third-order valence-electron chi connectivity index (χ3n) is 4.08. The summed E-state index contributed by atoms with van der Waals surface area (Å²) in [5.41, 5.74) is 3.57. The maximum atomic E-state index is 12.4. The predicted octanol–water partition coefficient (Wildman–Crippen LogP) is 1.08. The van der Waals surface area contributed by atoms with E-state index in [0.717, 1.165) is 5.56 Å². The highest BCUT2D eigenvalue weighted by molar-refractivity contribution is 6.03. The molecule has 7 heteroatoms. The summed E-state index contributed by atoms with van der Waals surface area (Å²) in [5, 5.41) is 25.4. The molecule has 0 aromatic heterocycles. The summed E-state index contributed by atoms with van der Waals surface area (Å²) < 4.78 is 0. The number of hydrazone groups is 1. The first-order valence-corrected chi connectivity index (χ1v) is 7.74. The fraction of sp³-hybridized carbons (Fsp3) is 0.167. The Morgan fingerprint density at radius 3 is 2.68 bits per heavy atom. The van der Waals surface area contributed by atoms with E-state index in [-0.39, 0.29) is 23.3 Å². The van der Waals surface area contributed by atoms with E-state index in [4.69, 9.17) is 0 Å². The van der Waals surface area contributed by atoms with E-state index in [1.807, 2.05) is 30.3 Å². The fourth-order valence-electron chi connectivity index (χ4n) is 2.81. The second kappa shape index (κ2) is 7.04. The summed E-state index contributed by atoms with van der Waals surface area (Å²) in [6.45, 7) is 0.392. The zero-order valence-electron chi connectivity index (χ0n) is 13.2. The normalized spacial score (nSPS) is 19.8. The van der Waals surface area contributed by atoms with Crippen LogP contribution in [0.25, 0.3) is 0 Å². The predicted molar refractivity (Wildman–Crippen MR) is 91.2 cm³/mol. The Labute approximate surface area is 144 Å². The lowest BCUT2D eigenvalue weighted by Crippen LogP contribution is -2.34. The van der Waals surface area contributed by atoms with Crippen LogP contribution < -0.4 is 10.7 Å². The van der Waals surface area contributed by atoms with Gasteiger partial charge in [0.05, 0.1) is 6.21 Å². The number of nitrogens with one attached hydrogen (secondary N) is 2. The lowest BCUT2D eigenvalue weighted by Gasteiger charge is -2.15. The summed E-state index contributed by atoms with van der Waals surface area (Å²) in [6.07, 6.45) is 1.25. The summed E-state index contributed by atoms with van der Waals surface area (Å²) in [7, 11) is 0. The van der Waals surface area contributed by atoms with E-state index >= 15 is 0 Å². The van der Waals surface area contributed by atoms with Crippen LogP contribution in [0.4, 0.5) is 0 Å². The lowest BCUT2D eigenvalue weighted by atomic mass is 9.88. The number of benzene rings is 2. The van der Waals surface area contributed by atoms with Crippen molar-refractivity contribution in [3.05, 3.63) is 59.7 Å². The minimum Gasteiger partial charge on any atom is -0.508 e. The molecule has 0 aliphatic carbocycles. The summed E-state index contributed by atoms with van der Waals surface area (Å²) in [4.78, 5) is 24.4. The Morgan fingerprint density at radius 2 is 1.96 bits per heavy atom. The second-order valence-electron chi connectivity index (χ2n) is 5.72. The maximum absolute atomic E-state index is 12.4. The zero-order valence-corrected chi connectivity index (χ0v) is 13.2. The molecule has 2 aromatic carbocycles. The van der Waals surface area contributed by atoms with Gasteiger partial charge in [0.2, 0.25) is 5.91 Å². The molecule has 0 spiro atoms. The van der Waals surface area contributed by atoms with Gasteiger partial charge in [0, 0.05) is 24.1 Å². The third-order valence-corrected chi connectivity index (χ3v) is 4.08. The molecule has 3 rings (SSSR count). The van der Waals surface area contributed by atoms with Crippen LogP contribution in [0.5, 0.6) is 11.5 Å². The molecule has 1 saturated heterocycles. The number of amides is 2. The van der Waals surface area contributed by atoms with Crippen LogP contribution >= 0.6 is 0 Å². The van der Waals surface area contributed by atoms with Gasteiger partial charge in [-0.2, -0.15) is 5.10 Å². The van der Waals surface area contributed by atoms with Crippen LogP contribution in [0.15, 0.2) is 53.6 Å². The number of aromatic hydroxyl groups is 2. The second-order valence-corrected chi connectivity index (χ2v) is 5.72. The monoisotopic (exact) mass is 339 g/mol. The van der Waals surface area contributed by atoms with Gasteiger partial charge in [-0.3, -0.25) is 9.59 Å². The van der Waals surface area contributed by atoms with Gasteiger partial charge in [0.25, 0.3) is 5.91 Å². The molecule has 1 aliphatic rings. The molecule has 0 radical (unpaired) electrons. The molecule has 4 N–H and O–H groups in total. The van der Waals surface area contributed by atoms with E-state index in [1.165, 1.54) is 24.4 Å². The first kappa shape index (κ1) is 16.5. The van der Waals surface area contributed by atoms with Crippen LogP contribution in [0.2, 0.25) is 0 Å². The maximum Gasteiger partial charge on any atom is 0.253 e. The van der Waals surface area contributed by atoms with Gasteiger partial charge in [-0.15, -0.1) is 0 Å². The molecule has 2 aromatic rings. The molecule has 2 amide bonds. The molecular weight excluding hydrogens is 322 g/mol. The van der Waals surface area contributed by atoms with Crippen molar-refractivity contribution in [2.45, 2.75) is 5.92 Å². The standard InChI is InChI=1S/C18H17N3O4/c22-13-7-6-12(15(23)8-13)9-20-21-18(25)16-14(10-19-17(16)24)11-4-2-1-3-5-11/h1-9,14,16,22-23H,10H2,(H,19,24)(H,21,25)/b20-9+. The van der Waals surface area contributed by atoms with E-state index < -0.39 is 11.8 Å². The van der Waals surface area contributed by atoms with Gasteiger partial charge in [0.1, 0.15) is 17.4 Å². The molecule has 2 atom stereocenters. The van der Waals surface area contributed by atoms with Crippen molar-refractivity contribution in [1.82, 2.24) is 10.7 Å². The zero-order chi connectivity index (χ0) is 17.8. The molecular formula is C18H17N3O4. The molecule has 0 bridgehead atoms. The molecule has 2 unspecified atom stereocenters. The van der Waals surface area contributed by atoms with Gasteiger partial charge in [-0.25, -0.2) is 5.43 Å². The van der Waals surface area contributed by atoms with Gasteiger partial charge in [0.15, 0.2) is 0 Å². The van der Waals surface area contributed by atoms with E-state index in [1.54, 1.807) is 0 Å². The van der Waals surface area contributed by atoms with Crippen molar-refractivity contribution in [3.8, 4) is 11.5 Å². The Balaban J connectivity index is 1.71. The Hall–Kier alpha value is -3.35. The van der Waals surface area contributed by atoms with Crippen molar-refractivity contribution in [1.29, 1.82) is 0 Å². The molecule has 25 heavy (non-hydrogen) atoms. The number of carbonyl (C=O) groups is 2. The van der Waals surface area contributed by atoms with Gasteiger partial charge in [-0.05, 0) is 17.7 Å². The number of rotatable bonds is 4. The first-order chi connectivity index (χ1) is 12.1. The van der Waals surface area contributed by atoms with Crippen molar-refractivity contribution < 1.29 is 19.8 Å². The largest absolute Gasteiger partial charge is 0.508 e. The van der Waals surface area contributed by atoms with Gasteiger partial charge in [-0.1, -0.05) is 30.3 Å². The first-order valence-electron chi connectivity index (χ1n) is 7.74. The highest BCUT2D eigenvalue weighted by Crippen LogP contribution is 2.29. The Morgan fingerprint density at radius 1 is 1.20 bits per heavy atom. The Kier molecular flexibility index (Phi) is 4.65.